The van der Waals surface area contributed by atoms with Crippen molar-refractivity contribution in [3.63, 3.8) is 0 Å². The summed E-state index contributed by atoms with van der Waals surface area (Å²) >= 11 is 0. The summed E-state index contributed by atoms with van der Waals surface area (Å²) in [6.45, 7) is 6.59. The molecule has 0 aliphatic heterocycles. The molecule has 5 nitrogen and oxygen atoms in total. The highest BCUT2D eigenvalue weighted by atomic mass is 16.3. The number of hydrogen-bond donors (Lipinski definition) is 1. The smallest absolute Gasteiger partial charge is 0.227 e. The molecular formula is C20H23N3O2. The molecule has 2 heterocycles. The molecular weight excluding hydrogens is 314 g/mol. The summed E-state index contributed by atoms with van der Waals surface area (Å²) in [6, 6.07) is 9.68. The third-order valence-corrected chi connectivity index (χ3v) is 4.30. The second kappa shape index (κ2) is 7.47. The Labute approximate surface area is 147 Å². The summed E-state index contributed by atoms with van der Waals surface area (Å²) < 4.78 is 5.75. The number of carbonyl (C=O) groups is 1. The van der Waals surface area contributed by atoms with Gasteiger partial charge in [-0.05, 0) is 36.1 Å². The van der Waals surface area contributed by atoms with Gasteiger partial charge in [-0.1, -0.05) is 32.0 Å². The molecule has 1 unspecified atom stereocenters. The Balaban J connectivity index is 1.63. The average molecular weight is 337 g/mol. The molecule has 0 spiro atoms. The van der Waals surface area contributed by atoms with Gasteiger partial charge >= 0.3 is 0 Å². The molecule has 5 heteroatoms. The molecule has 0 aliphatic carbocycles. The Morgan fingerprint density at radius 1 is 1.24 bits per heavy atom. The maximum atomic E-state index is 12.6. The minimum atomic E-state index is -0.209. The van der Waals surface area contributed by atoms with Gasteiger partial charge in [0.2, 0.25) is 5.91 Å². The maximum absolute atomic E-state index is 12.6. The molecule has 130 valence electrons. The van der Waals surface area contributed by atoms with Gasteiger partial charge < -0.3 is 9.73 Å². The Morgan fingerprint density at radius 2 is 2.08 bits per heavy atom. The Kier molecular flexibility index (Phi) is 5.12. The zero-order valence-corrected chi connectivity index (χ0v) is 14.8. The molecule has 25 heavy (non-hydrogen) atoms. The SMILES string of the molecule is Cc1cccc2oc(CCNC(=O)C(c3cccnc3)C(C)C)nc12. The lowest BCUT2D eigenvalue weighted by Gasteiger charge is -2.20. The monoisotopic (exact) mass is 337 g/mol. The lowest BCUT2D eigenvalue weighted by Crippen LogP contribution is -2.33. The van der Waals surface area contributed by atoms with Crippen molar-refractivity contribution in [3.05, 3.63) is 59.7 Å². The zero-order valence-electron chi connectivity index (χ0n) is 14.8. The topological polar surface area (TPSA) is 68.0 Å². The molecule has 0 bridgehead atoms. The number of hydrogen-bond acceptors (Lipinski definition) is 4. The fraction of sp³-hybridized carbons (Fsp3) is 0.350. The fourth-order valence-electron chi connectivity index (χ4n) is 3.04. The van der Waals surface area contributed by atoms with E-state index in [1.165, 1.54) is 0 Å². The number of aromatic nitrogens is 2. The number of fused-ring (bicyclic) bond motifs is 1. The van der Waals surface area contributed by atoms with Gasteiger partial charge in [0, 0.05) is 25.4 Å². The van der Waals surface area contributed by atoms with Crippen LogP contribution in [0.15, 0.2) is 47.1 Å². The van der Waals surface area contributed by atoms with Crippen LogP contribution in [-0.2, 0) is 11.2 Å². The molecule has 1 aromatic carbocycles. The normalized spacial score (nSPS) is 12.5. The van der Waals surface area contributed by atoms with E-state index in [1.807, 2.05) is 51.1 Å². The number of nitrogens with one attached hydrogen (secondary N) is 1. The van der Waals surface area contributed by atoms with Crippen molar-refractivity contribution in [3.8, 4) is 0 Å². The number of aryl methyl sites for hydroxylation is 1. The molecule has 2 aromatic heterocycles. The Morgan fingerprint density at radius 3 is 2.76 bits per heavy atom. The molecule has 1 atom stereocenters. The molecule has 3 rings (SSSR count). The van der Waals surface area contributed by atoms with Gasteiger partial charge in [0.15, 0.2) is 11.5 Å². The van der Waals surface area contributed by atoms with Crippen LogP contribution in [0.4, 0.5) is 0 Å². The lowest BCUT2D eigenvalue weighted by molar-refractivity contribution is -0.123. The number of rotatable bonds is 6. The van der Waals surface area contributed by atoms with Crippen LogP contribution in [0.5, 0.6) is 0 Å². The quantitative estimate of drug-likeness (QED) is 0.746. The van der Waals surface area contributed by atoms with Gasteiger partial charge in [0.05, 0.1) is 5.92 Å². The second-order valence-corrected chi connectivity index (χ2v) is 6.58. The third kappa shape index (κ3) is 3.87. The summed E-state index contributed by atoms with van der Waals surface area (Å²) in [5, 5.41) is 3.00. The average Bonchev–Trinajstić information content (AvgIpc) is 3.00. The first-order valence-corrected chi connectivity index (χ1v) is 8.59. The minimum Gasteiger partial charge on any atom is -0.441 e. The highest BCUT2D eigenvalue weighted by Gasteiger charge is 2.24. The number of nitrogens with zero attached hydrogens (tertiary/aromatic N) is 2. The van der Waals surface area contributed by atoms with Crippen molar-refractivity contribution >= 4 is 17.0 Å². The van der Waals surface area contributed by atoms with E-state index in [-0.39, 0.29) is 17.7 Å². The van der Waals surface area contributed by atoms with Crippen molar-refractivity contribution in [1.82, 2.24) is 15.3 Å². The van der Waals surface area contributed by atoms with Crippen LogP contribution in [0.2, 0.25) is 0 Å². The fourth-order valence-corrected chi connectivity index (χ4v) is 3.04. The largest absolute Gasteiger partial charge is 0.441 e. The number of benzene rings is 1. The van der Waals surface area contributed by atoms with Crippen molar-refractivity contribution in [2.24, 2.45) is 5.92 Å². The zero-order chi connectivity index (χ0) is 17.8. The Hall–Kier alpha value is -2.69. The van der Waals surface area contributed by atoms with E-state index in [0.29, 0.717) is 18.9 Å². The van der Waals surface area contributed by atoms with E-state index >= 15 is 0 Å². The van der Waals surface area contributed by atoms with Crippen LogP contribution >= 0.6 is 0 Å². The number of carbonyl (C=O) groups excluding carboxylic acids is 1. The summed E-state index contributed by atoms with van der Waals surface area (Å²) in [5.41, 5.74) is 3.71. The first-order valence-electron chi connectivity index (χ1n) is 8.59. The van der Waals surface area contributed by atoms with Gasteiger partial charge in [-0.25, -0.2) is 4.98 Å². The second-order valence-electron chi connectivity index (χ2n) is 6.58. The van der Waals surface area contributed by atoms with Gasteiger partial charge in [-0.3, -0.25) is 9.78 Å². The van der Waals surface area contributed by atoms with Crippen molar-refractivity contribution in [2.75, 3.05) is 6.54 Å². The van der Waals surface area contributed by atoms with Gasteiger partial charge in [0.25, 0.3) is 0 Å². The molecule has 0 aliphatic rings. The van der Waals surface area contributed by atoms with Crippen LogP contribution < -0.4 is 5.32 Å². The van der Waals surface area contributed by atoms with Crippen LogP contribution in [0.3, 0.4) is 0 Å². The van der Waals surface area contributed by atoms with Crippen LogP contribution in [-0.4, -0.2) is 22.4 Å². The minimum absolute atomic E-state index is 0.00953. The predicted octanol–water partition coefficient (Wildman–Crippen LogP) is 3.63. The predicted molar refractivity (Wildman–Crippen MR) is 97.3 cm³/mol. The molecule has 0 radical (unpaired) electrons. The molecule has 1 N–H and O–H groups in total. The highest BCUT2D eigenvalue weighted by molar-refractivity contribution is 5.83. The molecule has 0 saturated heterocycles. The van der Waals surface area contributed by atoms with E-state index in [4.69, 9.17) is 4.42 Å². The van der Waals surface area contributed by atoms with E-state index in [0.717, 1.165) is 22.2 Å². The number of para-hydroxylation sites is 1. The maximum Gasteiger partial charge on any atom is 0.227 e. The summed E-state index contributed by atoms with van der Waals surface area (Å²) in [6.07, 6.45) is 4.04. The number of pyridine rings is 1. The number of oxazole rings is 1. The lowest BCUT2D eigenvalue weighted by atomic mass is 9.88. The van der Waals surface area contributed by atoms with E-state index in [9.17, 15) is 4.79 Å². The summed E-state index contributed by atoms with van der Waals surface area (Å²) in [4.78, 5) is 21.3. The van der Waals surface area contributed by atoms with Crippen LogP contribution in [0, 0.1) is 12.8 Å². The number of amides is 1. The summed E-state index contributed by atoms with van der Waals surface area (Å²) in [7, 11) is 0. The van der Waals surface area contributed by atoms with E-state index in [1.54, 1.807) is 12.4 Å². The van der Waals surface area contributed by atoms with Crippen LogP contribution in [0.1, 0.15) is 36.8 Å². The van der Waals surface area contributed by atoms with E-state index < -0.39 is 0 Å². The van der Waals surface area contributed by atoms with Crippen LogP contribution in [0.25, 0.3) is 11.1 Å². The third-order valence-electron chi connectivity index (χ3n) is 4.30. The molecule has 0 saturated carbocycles. The van der Waals surface area contributed by atoms with Gasteiger partial charge in [-0.2, -0.15) is 0 Å². The summed E-state index contributed by atoms with van der Waals surface area (Å²) in [5.74, 6) is 0.637. The van der Waals surface area contributed by atoms with Crippen molar-refractivity contribution in [2.45, 2.75) is 33.1 Å². The first-order chi connectivity index (χ1) is 12.1. The highest BCUT2D eigenvalue weighted by Crippen LogP contribution is 2.24. The molecule has 1 amide bonds. The molecule has 0 fully saturated rings. The van der Waals surface area contributed by atoms with Gasteiger partial charge in [-0.15, -0.1) is 0 Å². The van der Waals surface area contributed by atoms with E-state index in [2.05, 4.69) is 15.3 Å². The van der Waals surface area contributed by atoms with Crippen molar-refractivity contribution in [1.29, 1.82) is 0 Å². The molecule has 3 aromatic rings. The van der Waals surface area contributed by atoms with Crippen molar-refractivity contribution < 1.29 is 9.21 Å². The Bertz CT molecular complexity index is 856. The first kappa shape index (κ1) is 17.1. The van der Waals surface area contributed by atoms with Gasteiger partial charge in [0.1, 0.15) is 5.52 Å². The standard InChI is InChI=1S/C20H23N3O2/c1-13(2)18(15-7-5-10-21-12-15)20(24)22-11-9-17-23-19-14(3)6-4-8-16(19)25-17/h4-8,10,12-13,18H,9,11H2,1-3H3,(H,22,24).